The Morgan fingerprint density at radius 3 is 2.39 bits per heavy atom. The molecule has 1 aliphatic heterocycles. The fourth-order valence-electron chi connectivity index (χ4n) is 5.53. The molecule has 1 spiro atoms. The van der Waals surface area contributed by atoms with Gasteiger partial charge in [0.2, 0.25) is 11.8 Å². The van der Waals surface area contributed by atoms with Gasteiger partial charge >= 0.3 is 0 Å². The lowest BCUT2D eigenvalue weighted by molar-refractivity contribution is -0.138. The first-order chi connectivity index (χ1) is 15.8. The van der Waals surface area contributed by atoms with E-state index in [1.165, 1.54) is 23.1 Å². The van der Waals surface area contributed by atoms with Crippen molar-refractivity contribution in [3.8, 4) is 0 Å². The number of fused-ring (bicyclic) bond motifs is 2. The van der Waals surface area contributed by atoms with Gasteiger partial charge < -0.3 is 16.0 Å². The van der Waals surface area contributed by atoms with Crippen molar-refractivity contribution in [2.24, 2.45) is 5.73 Å². The molecule has 0 aromatic heterocycles. The Kier molecular flexibility index (Phi) is 6.89. The molecule has 4 rings (SSSR count). The highest BCUT2D eigenvalue weighted by atomic mass is 16.2. The van der Waals surface area contributed by atoms with Gasteiger partial charge in [-0.25, -0.2) is 0 Å². The smallest absolute Gasteiger partial charge is 0.245 e. The molecule has 5 heteroatoms. The minimum Gasteiger partial charge on any atom is -0.344 e. The molecule has 1 saturated heterocycles. The quantitative estimate of drug-likeness (QED) is 0.679. The molecular formula is C28H37N3O2. The van der Waals surface area contributed by atoms with Gasteiger partial charge in [0, 0.05) is 25.0 Å². The maximum atomic E-state index is 13.5. The van der Waals surface area contributed by atoms with Gasteiger partial charge in [0.1, 0.15) is 6.04 Å². The number of nitrogens with zero attached hydrogens (tertiary/aromatic N) is 1. The monoisotopic (exact) mass is 447 g/mol. The molecule has 0 saturated carbocycles. The van der Waals surface area contributed by atoms with Gasteiger partial charge in [-0.3, -0.25) is 9.59 Å². The first-order valence-corrected chi connectivity index (χ1v) is 12.3. The lowest BCUT2D eigenvalue weighted by atomic mass is 9.74. The number of rotatable bonds is 7. The third-order valence-corrected chi connectivity index (χ3v) is 7.31. The molecule has 1 atom stereocenters. The molecule has 0 unspecified atom stereocenters. The summed E-state index contributed by atoms with van der Waals surface area (Å²) in [7, 11) is 0. The van der Waals surface area contributed by atoms with Crippen molar-refractivity contribution in [1.29, 1.82) is 0 Å². The van der Waals surface area contributed by atoms with Gasteiger partial charge in [-0.1, -0.05) is 54.6 Å². The van der Waals surface area contributed by atoms with E-state index in [1.807, 2.05) is 36.9 Å². The van der Waals surface area contributed by atoms with Crippen molar-refractivity contribution in [3.63, 3.8) is 0 Å². The van der Waals surface area contributed by atoms with Gasteiger partial charge in [-0.05, 0) is 74.5 Å². The average Bonchev–Trinajstić information content (AvgIpc) is 3.14. The number of hydrogen-bond acceptors (Lipinski definition) is 3. The van der Waals surface area contributed by atoms with Gasteiger partial charge in [0.25, 0.3) is 0 Å². The number of amides is 2. The SMILES string of the molecule is CC(C)(N)CC(=O)N[C@H](CCc1ccccc1)C(=O)N1CCC2(CCc3ccccc32)CC1. The predicted molar refractivity (Wildman–Crippen MR) is 132 cm³/mol. The van der Waals surface area contributed by atoms with Crippen LogP contribution in [0.3, 0.4) is 0 Å². The predicted octanol–water partition coefficient (Wildman–Crippen LogP) is 3.74. The molecule has 33 heavy (non-hydrogen) atoms. The molecule has 0 radical (unpaired) electrons. The maximum absolute atomic E-state index is 13.5. The number of piperidine rings is 1. The van der Waals surface area contributed by atoms with Crippen LogP contribution in [-0.2, 0) is 27.8 Å². The van der Waals surface area contributed by atoms with Crippen LogP contribution in [0, 0.1) is 0 Å². The highest BCUT2D eigenvalue weighted by Crippen LogP contribution is 2.46. The number of nitrogens with two attached hydrogens (primary N) is 1. The van der Waals surface area contributed by atoms with E-state index < -0.39 is 11.6 Å². The highest BCUT2D eigenvalue weighted by Gasteiger charge is 2.42. The van der Waals surface area contributed by atoms with Gasteiger partial charge in [-0.2, -0.15) is 0 Å². The fourth-order valence-corrected chi connectivity index (χ4v) is 5.53. The normalized spacial score (nSPS) is 18.1. The molecular weight excluding hydrogens is 410 g/mol. The van der Waals surface area contributed by atoms with Crippen molar-refractivity contribution in [3.05, 3.63) is 71.3 Å². The second kappa shape index (κ2) is 9.68. The Morgan fingerprint density at radius 1 is 1.03 bits per heavy atom. The van der Waals surface area contributed by atoms with E-state index in [0.717, 1.165) is 38.8 Å². The lowest BCUT2D eigenvalue weighted by Crippen LogP contribution is -2.53. The topological polar surface area (TPSA) is 75.4 Å². The van der Waals surface area contributed by atoms with Crippen molar-refractivity contribution < 1.29 is 9.59 Å². The van der Waals surface area contributed by atoms with Gasteiger partial charge in [0.05, 0.1) is 0 Å². The van der Waals surface area contributed by atoms with Crippen LogP contribution in [0.25, 0.3) is 0 Å². The first kappa shape index (κ1) is 23.5. The van der Waals surface area contributed by atoms with E-state index in [-0.39, 0.29) is 23.7 Å². The molecule has 2 aromatic carbocycles. The number of hydrogen-bond donors (Lipinski definition) is 2. The zero-order valence-corrected chi connectivity index (χ0v) is 20.0. The van der Waals surface area contributed by atoms with Gasteiger partial charge in [-0.15, -0.1) is 0 Å². The first-order valence-electron chi connectivity index (χ1n) is 12.3. The lowest BCUT2D eigenvalue weighted by Gasteiger charge is -2.41. The summed E-state index contributed by atoms with van der Waals surface area (Å²) in [4.78, 5) is 28.2. The van der Waals surface area contributed by atoms with Crippen LogP contribution in [0.15, 0.2) is 54.6 Å². The molecule has 1 heterocycles. The summed E-state index contributed by atoms with van der Waals surface area (Å²) < 4.78 is 0. The summed E-state index contributed by atoms with van der Waals surface area (Å²) in [5.41, 5.74) is 9.77. The molecule has 1 aliphatic carbocycles. The zero-order valence-electron chi connectivity index (χ0n) is 20.0. The Hall–Kier alpha value is -2.66. The van der Waals surface area contributed by atoms with Crippen LogP contribution in [0.1, 0.15) is 62.6 Å². The van der Waals surface area contributed by atoms with Crippen molar-refractivity contribution >= 4 is 11.8 Å². The van der Waals surface area contributed by atoms with Crippen LogP contribution in [0.4, 0.5) is 0 Å². The van der Waals surface area contributed by atoms with Crippen LogP contribution in [0.2, 0.25) is 0 Å². The van der Waals surface area contributed by atoms with Crippen LogP contribution >= 0.6 is 0 Å². The number of nitrogens with one attached hydrogen (secondary N) is 1. The second-order valence-corrected chi connectivity index (χ2v) is 10.6. The summed E-state index contributed by atoms with van der Waals surface area (Å²) in [5.74, 6) is -0.123. The van der Waals surface area contributed by atoms with Crippen molar-refractivity contribution in [2.75, 3.05) is 13.1 Å². The van der Waals surface area contributed by atoms with E-state index in [4.69, 9.17) is 5.73 Å². The van der Waals surface area contributed by atoms with Crippen molar-refractivity contribution in [1.82, 2.24) is 10.2 Å². The Balaban J connectivity index is 1.42. The summed E-state index contributed by atoms with van der Waals surface area (Å²) in [6.07, 6.45) is 5.82. The molecule has 1 fully saturated rings. The number of benzene rings is 2. The molecule has 2 amide bonds. The molecule has 0 bridgehead atoms. The Bertz CT molecular complexity index is 972. The maximum Gasteiger partial charge on any atom is 0.245 e. The van der Waals surface area contributed by atoms with Crippen LogP contribution < -0.4 is 11.1 Å². The zero-order chi connectivity index (χ0) is 23.5. The third kappa shape index (κ3) is 5.64. The summed E-state index contributed by atoms with van der Waals surface area (Å²) >= 11 is 0. The van der Waals surface area contributed by atoms with E-state index >= 15 is 0 Å². The summed E-state index contributed by atoms with van der Waals surface area (Å²) in [5, 5.41) is 3.01. The number of carbonyl (C=O) groups is 2. The summed E-state index contributed by atoms with van der Waals surface area (Å²) in [6.45, 7) is 5.15. The van der Waals surface area contributed by atoms with Gasteiger partial charge in [0.15, 0.2) is 0 Å². The molecule has 176 valence electrons. The number of likely N-dealkylation sites (tertiary alicyclic amines) is 1. The minimum atomic E-state index is -0.607. The van der Waals surface area contributed by atoms with Crippen LogP contribution in [0.5, 0.6) is 0 Å². The number of aryl methyl sites for hydroxylation is 2. The van der Waals surface area contributed by atoms with E-state index in [2.05, 4.69) is 41.7 Å². The molecule has 2 aromatic rings. The van der Waals surface area contributed by atoms with E-state index in [0.29, 0.717) is 6.42 Å². The number of carbonyl (C=O) groups excluding carboxylic acids is 2. The Labute approximate surface area is 197 Å². The second-order valence-electron chi connectivity index (χ2n) is 10.6. The Morgan fingerprint density at radius 2 is 1.70 bits per heavy atom. The van der Waals surface area contributed by atoms with E-state index in [1.54, 1.807) is 0 Å². The fraction of sp³-hybridized carbons (Fsp3) is 0.500. The summed E-state index contributed by atoms with van der Waals surface area (Å²) in [6, 6.07) is 18.4. The minimum absolute atomic E-state index is 0.0373. The van der Waals surface area contributed by atoms with E-state index in [9.17, 15) is 9.59 Å². The largest absolute Gasteiger partial charge is 0.344 e. The highest BCUT2D eigenvalue weighted by molar-refractivity contribution is 5.88. The van der Waals surface area contributed by atoms with Crippen molar-refractivity contribution in [2.45, 2.75) is 75.8 Å². The average molecular weight is 448 g/mol. The van der Waals surface area contributed by atoms with Crippen LogP contribution in [-0.4, -0.2) is 41.4 Å². The molecule has 3 N–H and O–H groups in total. The molecule has 5 nitrogen and oxygen atoms in total. The molecule has 2 aliphatic rings. The standard InChI is InChI=1S/C28H37N3O2/c1-27(2,29)20-25(32)30-24(13-12-21-8-4-3-5-9-21)26(33)31-18-16-28(17-19-31)15-14-22-10-6-7-11-23(22)28/h3-11,24H,12-20,29H2,1-2H3,(H,30,32)/t24-/m1/s1. The third-order valence-electron chi connectivity index (χ3n) is 7.31.